The van der Waals surface area contributed by atoms with Crippen molar-refractivity contribution in [3.8, 4) is 0 Å². The zero-order valence-electron chi connectivity index (χ0n) is 10.8. The number of esters is 1. The van der Waals surface area contributed by atoms with Gasteiger partial charge in [-0.05, 0) is 53.2 Å². The van der Waals surface area contributed by atoms with E-state index in [0.29, 0.717) is 23.6 Å². The number of benzene rings is 1. The number of ether oxygens (including phenoxy) is 1. The molecule has 0 unspecified atom stereocenters. The van der Waals surface area contributed by atoms with E-state index in [1.165, 1.54) is 0 Å². The van der Waals surface area contributed by atoms with E-state index in [4.69, 9.17) is 4.74 Å². The van der Waals surface area contributed by atoms with Gasteiger partial charge in [-0.25, -0.2) is 4.79 Å². The summed E-state index contributed by atoms with van der Waals surface area (Å²) in [6.45, 7) is 2.08. The maximum atomic E-state index is 11.9. The number of amides is 1. The minimum Gasteiger partial charge on any atom is -0.462 e. The molecule has 0 aliphatic carbocycles. The van der Waals surface area contributed by atoms with Crippen molar-refractivity contribution >= 4 is 33.5 Å². The molecule has 0 aliphatic rings. The van der Waals surface area contributed by atoms with Crippen molar-refractivity contribution in [2.24, 2.45) is 0 Å². The summed E-state index contributed by atoms with van der Waals surface area (Å²) in [5.74, 6) is -0.627. The number of halogens is 1. The van der Waals surface area contributed by atoms with E-state index in [-0.39, 0.29) is 11.9 Å². The Balaban J connectivity index is 2.04. The Hall–Kier alpha value is -2.08. The molecule has 0 saturated heterocycles. The van der Waals surface area contributed by atoms with Gasteiger partial charge in [0.2, 0.25) is 0 Å². The van der Waals surface area contributed by atoms with Crippen LogP contribution < -0.4 is 5.32 Å². The van der Waals surface area contributed by atoms with E-state index in [2.05, 4.69) is 26.2 Å². The van der Waals surface area contributed by atoms with Crippen molar-refractivity contribution in [3.05, 3.63) is 52.3 Å². The van der Waals surface area contributed by atoms with Crippen molar-refractivity contribution in [2.45, 2.75) is 6.92 Å². The van der Waals surface area contributed by atoms with Crippen molar-refractivity contribution in [2.75, 3.05) is 11.9 Å². The lowest BCUT2D eigenvalue weighted by Crippen LogP contribution is -2.12. The van der Waals surface area contributed by atoms with Crippen molar-refractivity contribution in [1.29, 1.82) is 0 Å². The van der Waals surface area contributed by atoms with Gasteiger partial charge in [0.15, 0.2) is 0 Å². The van der Waals surface area contributed by atoms with E-state index in [9.17, 15) is 9.59 Å². The summed E-state index contributed by atoms with van der Waals surface area (Å²) < 4.78 is 5.69. The van der Waals surface area contributed by atoms with Gasteiger partial charge in [-0.3, -0.25) is 4.79 Å². The van der Waals surface area contributed by atoms with Crippen LogP contribution in [0, 0.1) is 0 Å². The number of carbonyl (C=O) groups is 2. The molecule has 0 radical (unpaired) electrons. The molecule has 0 spiro atoms. The first-order valence-electron chi connectivity index (χ1n) is 6.02. The van der Waals surface area contributed by atoms with E-state index in [1.54, 1.807) is 43.5 Å². The largest absolute Gasteiger partial charge is 0.462 e. The number of aromatic nitrogens is 1. The molecule has 2 rings (SSSR count). The van der Waals surface area contributed by atoms with Gasteiger partial charge in [0, 0.05) is 16.4 Å². The van der Waals surface area contributed by atoms with Gasteiger partial charge in [-0.2, -0.15) is 0 Å². The van der Waals surface area contributed by atoms with Crippen molar-refractivity contribution in [3.63, 3.8) is 0 Å². The van der Waals surface area contributed by atoms with Gasteiger partial charge >= 0.3 is 5.97 Å². The van der Waals surface area contributed by atoms with E-state index in [0.717, 1.165) is 4.47 Å². The summed E-state index contributed by atoms with van der Waals surface area (Å²) in [5.41, 5.74) is 1.51. The van der Waals surface area contributed by atoms with E-state index in [1.807, 2.05) is 0 Å². The molecule has 2 N–H and O–H groups in total. The summed E-state index contributed by atoms with van der Waals surface area (Å²) in [6.07, 6.45) is 1.68. The summed E-state index contributed by atoms with van der Waals surface area (Å²) in [4.78, 5) is 26.2. The third kappa shape index (κ3) is 3.48. The maximum Gasteiger partial charge on any atom is 0.338 e. The zero-order valence-corrected chi connectivity index (χ0v) is 12.4. The Morgan fingerprint density at radius 2 is 2.00 bits per heavy atom. The maximum absolute atomic E-state index is 11.9. The van der Waals surface area contributed by atoms with Gasteiger partial charge in [0.05, 0.1) is 12.2 Å². The number of carbonyl (C=O) groups excluding carboxylic acids is 2. The second kappa shape index (κ2) is 6.38. The van der Waals surface area contributed by atoms with Crippen molar-refractivity contribution in [1.82, 2.24) is 4.98 Å². The smallest absolute Gasteiger partial charge is 0.338 e. The Kier molecular flexibility index (Phi) is 4.57. The first-order chi connectivity index (χ1) is 9.60. The van der Waals surface area contributed by atoms with Crippen LogP contribution in [-0.4, -0.2) is 23.5 Å². The Labute approximate surface area is 124 Å². The van der Waals surface area contributed by atoms with E-state index >= 15 is 0 Å². The van der Waals surface area contributed by atoms with Crippen LogP contribution in [0.3, 0.4) is 0 Å². The number of aromatic amines is 1. The molecule has 0 saturated carbocycles. The standard InChI is InChI=1S/C14H13BrN2O3/c1-2-20-14(19)9-3-5-11(6-4-9)17-13(18)12-7-10(15)8-16-12/h3-8,16H,2H2,1H3,(H,17,18). The van der Waals surface area contributed by atoms with Crippen molar-refractivity contribution < 1.29 is 14.3 Å². The average Bonchev–Trinajstić information content (AvgIpc) is 2.86. The Bertz CT molecular complexity index is 620. The fourth-order valence-corrected chi connectivity index (χ4v) is 1.94. The fraction of sp³-hybridized carbons (Fsp3) is 0.143. The van der Waals surface area contributed by atoms with Gasteiger partial charge in [0.25, 0.3) is 5.91 Å². The molecule has 0 aliphatic heterocycles. The second-order valence-corrected chi connectivity index (χ2v) is 4.90. The highest BCUT2D eigenvalue weighted by molar-refractivity contribution is 9.10. The molecule has 2 aromatic rings. The summed E-state index contributed by atoms with van der Waals surface area (Å²) >= 11 is 3.26. The third-order valence-electron chi connectivity index (χ3n) is 2.55. The molecule has 0 fully saturated rings. The molecule has 0 atom stereocenters. The molecular formula is C14H13BrN2O3. The van der Waals surface area contributed by atoms with Crippen LogP contribution >= 0.6 is 15.9 Å². The van der Waals surface area contributed by atoms with E-state index < -0.39 is 0 Å². The predicted molar refractivity (Wildman–Crippen MR) is 78.8 cm³/mol. The molecule has 20 heavy (non-hydrogen) atoms. The highest BCUT2D eigenvalue weighted by Gasteiger charge is 2.09. The fourth-order valence-electron chi connectivity index (χ4n) is 1.60. The van der Waals surface area contributed by atoms with Gasteiger partial charge < -0.3 is 15.0 Å². The summed E-state index contributed by atoms with van der Waals surface area (Å²) in [5, 5.41) is 2.73. The normalized spacial score (nSPS) is 10.1. The lowest BCUT2D eigenvalue weighted by atomic mass is 10.2. The summed E-state index contributed by atoms with van der Waals surface area (Å²) in [6, 6.07) is 8.21. The summed E-state index contributed by atoms with van der Waals surface area (Å²) in [7, 11) is 0. The number of hydrogen-bond acceptors (Lipinski definition) is 3. The van der Waals surface area contributed by atoms with Crippen LogP contribution in [0.15, 0.2) is 41.0 Å². The number of rotatable bonds is 4. The quantitative estimate of drug-likeness (QED) is 0.842. The second-order valence-electron chi connectivity index (χ2n) is 3.98. The highest BCUT2D eigenvalue weighted by Crippen LogP contribution is 2.14. The molecule has 1 aromatic carbocycles. The van der Waals surface area contributed by atoms with Gasteiger partial charge in [0.1, 0.15) is 5.69 Å². The minimum absolute atomic E-state index is 0.250. The molecular weight excluding hydrogens is 324 g/mol. The van der Waals surface area contributed by atoms with Crippen LogP contribution in [0.2, 0.25) is 0 Å². The topological polar surface area (TPSA) is 71.2 Å². The predicted octanol–water partition coefficient (Wildman–Crippen LogP) is 3.21. The molecule has 1 heterocycles. The van der Waals surface area contributed by atoms with Gasteiger partial charge in [-0.1, -0.05) is 0 Å². The average molecular weight is 337 g/mol. The number of H-pyrrole nitrogens is 1. The highest BCUT2D eigenvalue weighted by atomic mass is 79.9. The minimum atomic E-state index is -0.376. The SMILES string of the molecule is CCOC(=O)c1ccc(NC(=O)c2cc(Br)c[nH]2)cc1. The molecule has 0 bridgehead atoms. The number of anilines is 1. The monoisotopic (exact) mass is 336 g/mol. The van der Waals surface area contributed by atoms with Crippen LogP contribution in [0.25, 0.3) is 0 Å². The molecule has 6 heteroatoms. The lowest BCUT2D eigenvalue weighted by Gasteiger charge is -2.05. The van der Waals surface area contributed by atoms with Gasteiger partial charge in [-0.15, -0.1) is 0 Å². The molecule has 5 nitrogen and oxygen atoms in total. The molecule has 1 amide bonds. The van der Waals surface area contributed by atoms with Crippen LogP contribution in [0.1, 0.15) is 27.8 Å². The lowest BCUT2D eigenvalue weighted by molar-refractivity contribution is 0.0526. The number of nitrogens with one attached hydrogen (secondary N) is 2. The van der Waals surface area contributed by atoms with Crippen LogP contribution in [0.4, 0.5) is 5.69 Å². The number of hydrogen-bond donors (Lipinski definition) is 2. The third-order valence-corrected chi connectivity index (χ3v) is 3.00. The molecule has 1 aromatic heterocycles. The Morgan fingerprint density at radius 1 is 1.30 bits per heavy atom. The van der Waals surface area contributed by atoms with Crippen LogP contribution in [0.5, 0.6) is 0 Å². The molecule has 104 valence electrons. The first-order valence-corrected chi connectivity index (χ1v) is 6.82. The first kappa shape index (κ1) is 14.3. The van der Waals surface area contributed by atoms with Crippen LogP contribution in [-0.2, 0) is 4.74 Å². The zero-order chi connectivity index (χ0) is 14.5. The Morgan fingerprint density at radius 3 is 2.55 bits per heavy atom.